The lowest BCUT2D eigenvalue weighted by Gasteiger charge is -2.15. The van der Waals surface area contributed by atoms with Crippen molar-refractivity contribution in [2.45, 2.75) is 20.8 Å². The first-order valence-corrected chi connectivity index (χ1v) is 6.52. The summed E-state index contributed by atoms with van der Waals surface area (Å²) >= 11 is 5.95. The summed E-state index contributed by atoms with van der Waals surface area (Å²) in [6, 6.07) is 7.76. The van der Waals surface area contributed by atoms with Gasteiger partial charge in [0.05, 0.1) is 5.56 Å². The molecule has 104 valence electrons. The molecule has 0 aliphatic carbocycles. The number of hydrogen-bond donors (Lipinski definition) is 0. The first-order valence-electron chi connectivity index (χ1n) is 6.14. The molecule has 0 aliphatic rings. The molecule has 2 rings (SSSR count). The minimum absolute atomic E-state index is 0.0477. The average Bonchev–Trinajstić information content (AvgIpc) is 2.34. The molecule has 0 aromatic heterocycles. The standard InChI is InChI=1S/C16H14ClFO2/c1-9-7-12(17)8-10(2)15(9)20-16-13(11(3)19)5-4-6-14(16)18/h4-8H,1-3H3. The fourth-order valence-corrected chi connectivity index (χ4v) is 2.38. The zero-order chi connectivity index (χ0) is 14.9. The monoisotopic (exact) mass is 292 g/mol. The van der Waals surface area contributed by atoms with Crippen molar-refractivity contribution in [3.8, 4) is 11.5 Å². The van der Waals surface area contributed by atoms with Crippen LogP contribution in [0.25, 0.3) is 0 Å². The molecule has 0 spiro atoms. The molecule has 2 aromatic rings. The van der Waals surface area contributed by atoms with Gasteiger partial charge >= 0.3 is 0 Å². The van der Waals surface area contributed by atoms with E-state index in [1.165, 1.54) is 19.1 Å². The second kappa shape index (κ2) is 5.63. The van der Waals surface area contributed by atoms with E-state index in [1.54, 1.807) is 18.2 Å². The van der Waals surface area contributed by atoms with Crippen LogP contribution in [0.2, 0.25) is 5.02 Å². The predicted octanol–water partition coefficient (Wildman–Crippen LogP) is 5.09. The van der Waals surface area contributed by atoms with Gasteiger partial charge in [-0.15, -0.1) is 0 Å². The van der Waals surface area contributed by atoms with Gasteiger partial charge in [0, 0.05) is 5.02 Å². The molecule has 0 aliphatic heterocycles. The molecule has 0 atom stereocenters. The van der Waals surface area contributed by atoms with Crippen LogP contribution in [0.5, 0.6) is 11.5 Å². The molecule has 0 radical (unpaired) electrons. The Morgan fingerprint density at radius 2 is 1.75 bits per heavy atom. The van der Waals surface area contributed by atoms with Crippen molar-refractivity contribution in [3.05, 3.63) is 57.9 Å². The molecule has 0 unspecified atom stereocenters. The van der Waals surface area contributed by atoms with Gasteiger partial charge in [0.2, 0.25) is 0 Å². The number of ether oxygens (including phenoxy) is 1. The van der Waals surface area contributed by atoms with Crippen molar-refractivity contribution in [3.63, 3.8) is 0 Å². The Bertz CT molecular complexity index is 657. The summed E-state index contributed by atoms with van der Waals surface area (Å²) < 4.78 is 19.6. The molecule has 0 fully saturated rings. The minimum atomic E-state index is -0.563. The quantitative estimate of drug-likeness (QED) is 0.736. The number of aryl methyl sites for hydroxylation is 2. The minimum Gasteiger partial charge on any atom is -0.453 e. The highest BCUT2D eigenvalue weighted by Gasteiger charge is 2.16. The Morgan fingerprint density at radius 1 is 1.15 bits per heavy atom. The van der Waals surface area contributed by atoms with Crippen molar-refractivity contribution in [2.75, 3.05) is 0 Å². The first-order chi connectivity index (χ1) is 9.40. The molecule has 4 heteroatoms. The number of halogens is 2. The van der Waals surface area contributed by atoms with Crippen molar-refractivity contribution in [1.82, 2.24) is 0 Å². The molecule has 0 saturated carbocycles. The summed E-state index contributed by atoms with van der Waals surface area (Å²) in [7, 11) is 0. The lowest BCUT2D eigenvalue weighted by atomic mass is 10.1. The van der Waals surface area contributed by atoms with E-state index >= 15 is 0 Å². The Morgan fingerprint density at radius 3 is 2.30 bits per heavy atom. The topological polar surface area (TPSA) is 26.3 Å². The van der Waals surface area contributed by atoms with Gasteiger partial charge in [0.15, 0.2) is 17.3 Å². The zero-order valence-electron chi connectivity index (χ0n) is 11.5. The summed E-state index contributed by atoms with van der Waals surface area (Å²) in [5.74, 6) is -0.342. The van der Waals surface area contributed by atoms with Crippen molar-refractivity contribution < 1.29 is 13.9 Å². The summed E-state index contributed by atoms with van der Waals surface area (Å²) in [5.41, 5.74) is 1.79. The second-order valence-corrected chi connectivity index (χ2v) is 5.08. The molecular weight excluding hydrogens is 279 g/mol. The fourth-order valence-electron chi connectivity index (χ4n) is 2.05. The highest BCUT2D eigenvalue weighted by molar-refractivity contribution is 6.30. The third-order valence-corrected chi connectivity index (χ3v) is 3.19. The van der Waals surface area contributed by atoms with Crippen LogP contribution in [0.3, 0.4) is 0 Å². The Kier molecular flexibility index (Phi) is 4.09. The first kappa shape index (κ1) is 14.5. The van der Waals surface area contributed by atoms with Crippen molar-refractivity contribution in [2.24, 2.45) is 0 Å². The molecule has 2 aromatic carbocycles. The van der Waals surface area contributed by atoms with Gasteiger partial charge in [-0.05, 0) is 56.2 Å². The molecule has 0 bridgehead atoms. The zero-order valence-corrected chi connectivity index (χ0v) is 12.2. The normalized spacial score (nSPS) is 10.4. The SMILES string of the molecule is CC(=O)c1cccc(F)c1Oc1c(C)cc(Cl)cc1C. The number of para-hydroxylation sites is 1. The maximum absolute atomic E-state index is 13.9. The van der Waals surface area contributed by atoms with Crippen LogP contribution in [0.1, 0.15) is 28.4 Å². The van der Waals surface area contributed by atoms with Gasteiger partial charge in [0.25, 0.3) is 0 Å². The molecule has 0 amide bonds. The van der Waals surface area contributed by atoms with Crippen LogP contribution in [-0.2, 0) is 0 Å². The van der Waals surface area contributed by atoms with Crippen LogP contribution >= 0.6 is 11.6 Å². The summed E-state index contributed by atoms with van der Waals surface area (Å²) in [6.07, 6.45) is 0. The average molecular weight is 293 g/mol. The van der Waals surface area contributed by atoms with Crippen LogP contribution in [-0.4, -0.2) is 5.78 Å². The number of benzene rings is 2. The summed E-state index contributed by atoms with van der Waals surface area (Å²) in [5, 5.41) is 0.590. The third-order valence-electron chi connectivity index (χ3n) is 2.98. The van der Waals surface area contributed by atoms with E-state index in [0.717, 1.165) is 11.1 Å². The van der Waals surface area contributed by atoms with E-state index in [-0.39, 0.29) is 17.1 Å². The van der Waals surface area contributed by atoms with E-state index in [4.69, 9.17) is 16.3 Å². The Balaban J connectivity index is 2.53. The number of hydrogen-bond acceptors (Lipinski definition) is 2. The van der Waals surface area contributed by atoms with Gasteiger partial charge in [-0.3, -0.25) is 4.79 Å². The molecule has 2 nitrogen and oxygen atoms in total. The van der Waals surface area contributed by atoms with Gasteiger partial charge in [-0.2, -0.15) is 0 Å². The highest BCUT2D eigenvalue weighted by atomic mass is 35.5. The number of carbonyl (C=O) groups is 1. The fraction of sp³-hybridized carbons (Fsp3) is 0.188. The molecule has 20 heavy (non-hydrogen) atoms. The lowest BCUT2D eigenvalue weighted by Crippen LogP contribution is -2.01. The maximum atomic E-state index is 13.9. The number of ketones is 1. The summed E-state index contributed by atoms with van der Waals surface area (Å²) in [6.45, 7) is 5.02. The van der Waals surface area contributed by atoms with Gasteiger partial charge < -0.3 is 4.74 Å². The highest BCUT2D eigenvalue weighted by Crippen LogP contribution is 2.34. The van der Waals surface area contributed by atoms with Crippen LogP contribution in [0.15, 0.2) is 30.3 Å². The molecule has 0 saturated heterocycles. The summed E-state index contributed by atoms with van der Waals surface area (Å²) in [4.78, 5) is 11.6. The van der Waals surface area contributed by atoms with Gasteiger partial charge in [-0.25, -0.2) is 4.39 Å². The van der Waals surface area contributed by atoms with Gasteiger partial charge in [0.1, 0.15) is 5.75 Å². The largest absolute Gasteiger partial charge is 0.453 e. The van der Waals surface area contributed by atoms with E-state index in [1.807, 2.05) is 13.8 Å². The molecule has 0 N–H and O–H groups in total. The van der Waals surface area contributed by atoms with E-state index < -0.39 is 5.82 Å². The van der Waals surface area contributed by atoms with Crippen molar-refractivity contribution in [1.29, 1.82) is 0 Å². The molecular formula is C16H14ClFO2. The second-order valence-electron chi connectivity index (χ2n) is 4.64. The third kappa shape index (κ3) is 2.83. The van der Waals surface area contributed by atoms with Crippen LogP contribution in [0, 0.1) is 19.7 Å². The van der Waals surface area contributed by atoms with Gasteiger partial charge in [-0.1, -0.05) is 17.7 Å². The number of carbonyl (C=O) groups excluding carboxylic acids is 1. The van der Waals surface area contributed by atoms with Crippen LogP contribution < -0.4 is 4.74 Å². The molecule has 0 heterocycles. The maximum Gasteiger partial charge on any atom is 0.173 e. The lowest BCUT2D eigenvalue weighted by molar-refractivity contribution is 0.101. The van der Waals surface area contributed by atoms with E-state index in [9.17, 15) is 9.18 Å². The Hall–Kier alpha value is -1.87. The predicted molar refractivity (Wildman–Crippen MR) is 77.4 cm³/mol. The van der Waals surface area contributed by atoms with E-state index in [0.29, 0.717) is 10.8 Å². The van der Waals surface area contributed by atoms with E-state index in [2.05, 4.69) is 0 Å². The smallest absolute Gasteiger partial charge is 0.173 e. The van der Waals surface area contributed by atoms with Crippen LogP contribution in [0.4, 0.5) is 4.39 Å². The Labute approximate surface area is 122 Å². The number of rotatable bonds is 3. The van der Waals surface area contributed by atoms with Crippen molar-refractivity contribution >= 4 is 17.4 Å². The number of Topliss-reactive ketones (excluding diaryl/α,β-unsaturated/α-hetero) is 1.